The minimum Gasteiger partial charge on any atom is -0.352 e. The third-order valence-corrected chi connectivity index (χ3v) is 6.43. The van der Waals surface area contributed by atoms with Crippen LogP contribution in [0.25, 0.3) is 15.3 Å². The molecule has 0 radical (unpaired) electrons. The second-order valence-electron chi connectivity index (χ2n) is 7.95. The van der Waals surface area contributed by atoms with Crippen LogP contribution >= 0.6 is 11.3 Å². The van der Waals surface area contributed by atoms with Gasteiger partial charge in [-0.3, -0.25) is 9.59 Å². The minimum atomic E-state index is -0.546. The maximum atomic E-state index is 12.9. The highest BCUT2D eigenvalue weighted by Crippen LogP contribution is 2.26. The molecule has 152 valence electrons. The highest BCUT2D eigenvalue weighted by atomic mass is 32.1. The molecule has 7 heteroatoms. The van der Waals surface area contributed by atoms with Crippen LogP contribution in [0.1, 0.15) is 49.9 Å². The number of carbonyl (C=O) groups excluding carboxylic acids is 2. The molecule has 1 aliphatic rings. The van der Waals surface area contributed by atoms with Crippen LogP contribution in [0.15, 0.2) is 42.7 Å². The molecule has 0 saturated heterocycles. The van der Waals surface area contributed by atoms with Gasteiger partial charge in [-0.15, -0.1) is 0 Å². The zero-order valence-corrected chi connectivity index (χ0v) is 17.5. The number of rotatable bonds is 6. The maximum Gasteiger partial charge on any atom is 0.251 e. The summed E-state index contributed by atoms with van der Waals surface area (Å²) in [4.78, 5) is 30.2. The van der Waals surface area contributed by atoms with Crippen molar-refractivity contribution >= 4 is 33.4 Å². The fraction of sp³-hybridized carbons (Fsp3) is 0.409. The van der Waals surface area contributed by atoms with E-state index in [1.165, 1.54) is 11.3 Å². The van der Waals surface area contributed by atoms with Gasteiger partial charge in [0.15, 0.2) is 5.13 Å². The quantitative estimate of drug-likeness (QED) is 0.647. The number of carbonyl (C=O) groups is 2. The summed E-state index contributed by atoms with van der Waals surface area (Å²) in [6.07, 6.45) is 8.25. The Balaban J connectivity index is 1.49. The average molecular weight is 411 g/mol. The highest BCUT2D eigenvalue weighted by Gasteiger charge is 2.27. The Morgan fingerprint density at radius 3 is 2.59 bits per heavy atom. The largest absolute Gasteiger partial charge is 0.352 e. The maximum absolute atomic E-state index is 12.9. The average Bonchev–Trinajstić information content (AvgIpc) is 3.45. The Morgan fingerprint density at radius 1 is 1.17 bits per heavy atom. The standard InChI is InChI=1S/C22H26N4O2S/c1-14(2)19(21(28)23-16-7-3-4-8-16)25-20(27)15-9-10-17-18(13-15)29-22(24-17)26-11-5-6-12-26/h5-6,9-14,16,19H,3-4,7-8H2,1-2H3,(H,23,28)(H,25,27). The summed E-state index contributed by atoms with van der Waals surface area (Å²) >= 11 is 1.53. The molecule has 1 fully saturated rings. The molecular formula is C22H26N4O2S. The molecule has 0 aliphatic heterocycles. The summed E-state index contributed by atoms with van der Waals surface area (Å²) in [6, 6.07) is 9.07. The van der Waals surface area contributed by atoms with Gasteiger partial charge in [0, 0.05) is 24.0 Å². The molecule has 4 rings (SSSR count). The number of hydrogen-bond acceptors (Lipinski definition) is 4. The second-order valence-corrected chi connectivity index (χ2v) is 8.96. The van der Waals surface area contributed by atoms with Crippen LogP contribution in [-0.4, -0.2) is 33.4 Å². The number of nitrogens with one attached hydrogen (secondary N) is 2. The molecule has 6 nitrogen and oxygen atoms in total. The van der Waals surface area contributed by atoms with Crippen LogP contribution in [0.4, 0.5) is 0 Å². The first-order chi connectivity index (χ1) is 14.0. The van der Waals surface area contributed by atoms with Gasteiger partial charge in [0.2, 0.25) is 5.91 Å². The Morgan fingerprint density at radius 2 is 1.90 bits per heavy atom. The molecule has 2 heterocycles. The number of amides is 2. The lowest BCUT2D eigenvalue weighted by molar-refractivity contribution is -0.124. The predicted octanol–water partition coefficient (Wildman–Crippen LogP) is 3.90. The van der Waals surface area contributed by atoms with Crippen LogP contribution in [0.5, 0.6) is 0 Å². The predicted molar refractivity (Wildman–Crippen MR) is 115 cm³/mol. The molecule has 1 unspecified atom stereocenters. The highest BCUT2D eigenvalue weighted by molar-refractivity contribution is 7.20. The lowest BCUT2D eigenvalue weighted by atomic mass is 10.0. The summed E-state index contributed by atoms with van der Waals surface area (Å²) in [5, 5.41) is 6.89. The molecular weight excluding hydrogens is 384 g/mol. The smallest absolute Gasteiger partial charge is 0.251 e. The van der Waals surface area contributed by atoms with Crippen LogP contribution in [0.2, 0.25) is 0 Å². The van der Waals surface area contributed by atoms with Gasteiger partial charge >= 0.3 is 0 Å². The fourth-order valence-corrected chi connectivity index (χ4v) is 4.72. The van der Waals surface area contributed by atoms with Crippen molar-refractivity contribution in [2.45, 2.75) is 51.6 Å². The Hall–Kier alpha value is -2.67. The number of aromatic nitrogens is 2. The molecule has 2 aromatic heterocycles. The number of thiazole rings is 1. The first kappa shape index (κ1) is 19.6. The normalized spacial score (nSPS) is 15.7. The van der Waals surface area contributed by atoms with Crippen LogP contribution in [0, 0.1) is 5.92 Å². The summed E-state index contributed by atoms with van der Waals surface area (Å²) in [7, 11) is 0. The van der Waals surface area contributed by atoms with E-state index in [0.29, 0.717) is 5.56 Å². The van der Waals surface area contributed by atoms with Crippen LogP contribution < -0.4 is 10.6 Å². The van der Waals surface area contributed by atoms with Gasteiger partial charge < -0.3 is 15.2 Å². The zero-order chi connectivity index (χ0) is 20.4. The first-order valence-corrected chi connectivity index (χ1v) is 11.0. The van der Waals surface area contributed by atoms with Crippen LogP contribution in [0.3, 0.4) is 0 Å². The monoisotopic (exact) mass is 410 g/mol. The van der Waals surface area contributed by atoms with Gasteiger partial charge in [-0.1, -0.05) is 38.0 Å². The van der Waals surface area contributed by atoms with E-state index in [9.17, 15) is 9.59 Å². The van der Waals surface area contributed by atoms with Gasteiger partial charge in [0.05, 0.1) is 10.2 Å². The second kappa shape index (κ2) is 8.37. The Bertz CT molecular complexity index is 1000. The third-order valence-electron chi connectivity index (χ3n) is 5.40. The first-order valence-electron chi connectivity index (χ1n) is 10.2. The molecule has 3 aromatic rings. The van der Waals surface area contributed by atoms with Crippen molar-refractivity contribution in [2.24, 2.45) is 5.92 Å². The van der Waals surface area contributed by atoms with Crippen molar-refractivity contribution < 1.29 is 9.59 Å². The molecule has 29 heavy (non-hydrogen) atoms. The number of hydrogen-bond donors (Lipinski definition) is 2. The van der Waals surface area contributed by atoms with E-state index in [2.05, 4.69) is 15.6 Å². The van der Waals surface area contributed by atoms with Crippen molar-refractivity contribution in [3.63, 3.8) is 0 Å². The van der Waals surface area contributed by atoms with Crippen molar-refractivity contribution in [3.05, 3.63) is 48.3 Å². The van der Waals surface area contributed by atoms with Gasteiger partial charge in [-0.05, 0) is 49.1 Å². The summed E-state index contributed by atoms with van der Waals surface area (Å²) in [5.41, 5.74) is 1.40. The van der Waals surface area contributed by atoms with Crippen molar-refractivity contribution in [1.29, 1.82) is 0 Å². The van der Waals surface area contributed by atoms with Gasteiger partial charge in [0.25, 0.3) is 5.91 Å². The minimum absolute atomic E-state index is 0.00725. The lowest BCUT2D eigenvalue weighted by Gasteiger charge is -2.24. The van der Waals surface area contributed by atoms with Crippen molar-refractivity contribution in [3.8, 4) is 5.13 Å². The van der Waals surface area contributed by atoms with E-state index in [-0.39, 0.29) is 23.8 Å². The molecule has 1 atom stereocenters. The zero-order valence-electron chi connectivity index (χ0n) is 16.7. The van der Waals surface area contributed by atoms with E-state index in [1.807, 2.05) is 55.1 Å². The Kier molecular flexibility index (Phi) is 5.67. The van der Waals surface area contributed by atoms with E-state index < -0.39 is 6.04 Å². The molecule has 2 amide bonds. The number of benzene rings is 1. The summed E-state index contributed by atoms with van der Waals surface area (Å²) in [5.74, 6) is -0.315. The molecule has 1 aromatic carbocycles. The molecule has 2 N–H and O–H groups in total. The fourth-order valence-electron chi connectivity index (χ4n) is 3.75. The summed E-state index contributed by atoms with van der Waals surface area (Å²) < 4.78 is 2.89. The van der Waals surface area contributed by atoms with Crippen molar-refractivity contribution in [1.82, 2.24) is 20.2 Å². The van der Waals surface area contributed by atoms with Gasteiger partial charge in [0.1, 0.15) is 6.04 Å². The third kappa shape index (κ3) is 4.34. The topological polar surface area (TPSA) is 76.0 Å². The van der Waals surface area contributed by atoms with E-state index >= 15 is 0 Å². The number of nitrogens with zero attached hydrogens (tertiary/aromatic N) is 2. The lowest BCUT2D eigenvalue weighted by Crippen LogP contribution is -2.51. The molecule has 1 saturated carbocycles. The molecule has 1 aliphatic carbocycles. The summed E-state index contributed by atoms with van der Waals surface area (Å²) in [6.45, 7) is 3.91. The van der Waals surface area contributed by atoms with Crippen LogP contribution in [-0.2, 0) is 4.79 Å². The molecule has 0 bridgehead atoms. The SMILES string of the molecule is CC(C)C(NC(=O)c1ccc2nc(-n3cccc3)sc2c1)C(=O)NC1CCCC1. The van der Waals surface area contributed by atoms with E-state index in [0.717, 1.165) is 41.0 Å². The van der Waals surface area contributed by atoms with Gasteiger partial charge in [-0.2, -0.15) is 0 Å². The van der Waals surface area contributed by atoms with E-state index in [4.69, 9.17) is 0 Å². The molecule has 0 spiro atoms. The Labute approximate surface area is 174 Å². The van der Waals surface area contributed by atoms with Gasteiger partial charge in [-0.25, -0.2) is 4.98 Å². The number of fused-ring (bicyclic) bond motifs is 1. The van der Waals surface area contributed by atoms with E-state index in [1.54, 1.807) is 6.07 Å². The van der Waals surface area contributed by atoms with Crippen molar-refractivity contribution in [2.75, 3.05) is 0 Å².